The van der Waals surface area contributed by atoms with Gasteiger partial charge in [0.05, 0.1) is 18.8 Å². The Morgan fingerprint density at radius 2 is 2.11 bits per heavy atom. The summed E-state index contributed by atoms with van der Waals surface area (Å²) < 4.78 is 12.1. The molecule has 0 aromatic carbocycles. The number of allylic oxidation sites excluding steroid dienone is 1. The number of aliphatic hydroxyl groups excluding tert-OH is 1. The first-order valence-corrected chi connectivity index (χ1v) is 7.08. The average molecular weight is 250 g/mol. The molecule has 0 aromatic heterocycles. The Labute approximate surface area is 108 Å². The van der Waals surface area contributed by atoms with Crippen LogP contribution in [-0.4, -0.2) is 35.6 Å². The lowest BCUT2D eigenvalue weighted by molar-refractivity contribution is -0.197. The van der Waals surface area contributed by atoms with Crippen LogP contribution in [0.4, 0.5) is 0 Å². The van der Waals surface area contributed by atoms with Gasteiger partial charge in [-0.3, -0.25) is 0 Å². The molecule has 2 aliphatic carbocycles. The van der Waals surface area contributed by atoms with Gasteiger partial charge in [-0.15, -0.1) is 0 Å². The van der Waals surface area contributed by atoms with Gasteiger partial charge in [0.15, 0.2) is 0 Å². The van der Waals surface area contributed by atoms with Gasteiger partial charge < -0.3 is 14.6 Å². The Morgan fingerprint density at radius 3 is 2.78 bits per heavy atom. The molecular formula is C15H22O3. The van der Waals surface area contributed by atoms with Crippen LogP contribution in [0, 0.1) is 10.8 Å². The molecule has 2 heterocycles. The zero-order valence-electron chi connectivity index (χ0n) is 11.4. The molecule has 2 bridgehead atoms. The van der Waals surface area contributed by atoms with Crippen LogP contribution in [-0.2, 0) is 9.47 Å². The molecule has 2 saturated heterocycles. The van der Waals surface area contributed by atoms with Crippen molar-refractivity contribution in [3.8, 4) is 0 Å². The zero-order chi connectivity index (χ0) is 12.8. The lowest BCUT2D eigenvalue weighted by Gasteiger charge is -2.56. The molecule has 0 aromatic rings. The maximum Gasteiger partial charge on any atom is 0.126 e. The highest BCUT2D eigenvalue weighted by atomic mass is 16.6. The van der Waals surface area contributed by atoms with Crippen molar-refractivity contribution in [2.45, 2.75) is 63.9 Å². The summed E-state index contributed by atoms with van der Waals surface area (Å²) >= 11 is 0. The van der Waals surface area contributed by atoms with Gasteiger partial charge in [-0.25, -0.2) is 0 Å². The molecule has 1 saturated carbocycles. The number of rotatable bonds is 0. The molecule has 3 fully saturated rings. The van der Waals surface area contributed by atoms with Gasteiger partial charge in [0.2, 0.25) is 0 Å². The van der Waals surface area contributed by atoms with E-state index in [1.807, 2.05) is 0 Å². The molecule has 6 atom stereocenters. The predicted molar refractivity (Wildman–Crippen MR) is 67.2 cm³/mol. The summed E-state index contributed by atoms with van der Waals surface area (Å²) in [6.45, 7) is 7.59. The molecule has 100 valence electrons. The van der Waals surface area contributed by atoms with Crippen molar-refractivity contribution in [3.05, 3.63) is 11.6 Å². The second-order valence-electron chi connectivity index (χ2n) is 7.19. The second-order valence-corrected chi connectivity index (χ2v) is 7.19. The van der Waals surface area contributed by atoms with Crippen LogP contribution in [0.25, 0.3) is 0 Å². The molecule has 3 nitrogen and oxygen atoms in total. The van der Waals surface area contributed by atoms with Crippen molar-refractivity contribution >= 4 is 0 Å². The Hall–Kier alpha value is -0.380. The fourth-order valence-corrected chi connectivity index (χ4v) is 4.86. The normalized spacial score (nSPS) is 61.6. The molecule has 4 aliphatic rings. The van der Waals surface area contributed by atoms with Gasteiger partial charge >= 0.3 is 0 Å². The quantitative estimate of drug-likeness (QED) is 0.528. The average Bonchev–Trinajstić information content (AvgIpc) is 3.06. The van der Waals surface area contributed by atoms with Crippen LogP contribution in [0.2, 0.25) is 0 Å². The zero-order valence-corrected chi connectivity index (χ0v) is 11.4. The number of aliphatic hydroxyl groups is 1. The van der Waals surface area contributed by atoms with E-state index < -0.39 is 0 Å². The summed E-state index contributed by atoms with van der Waals surface area (Å²) in [5, 5.41) is 10.3. The minimum Gasteiger partial charge on any atom is -0.390 e. The Balaban J connectivity index is 1.86. The van der Waals surface area contributed by atoms with Crippen molar-refractivity contribution in [3.63, 3.8) is 0 Å². The highest BCUT2D eigenvalue weighted by Gasteiger charge is 2.79. The van der Waals surface area contributed by atoms with Crippen molar-refractivity contribution in [1.29, 1.82) is 0 Å². The van der Waals surface area contributed by atoms with Crippen LogP contribution < -0.4 is 0 Å². The Kier molecular flexibility index (Phi) is 1.92. The van der Waals surface area contributed by atoms with Crippen molar-refractivity contribution in [2.24, 2.45) is 10.8 Å². The summed E-state index contributed by atoms with van der Waals surface area (Å²) in [4.78, 5) is 0. The number of hydrogen-bond acceptors (Lipinski definition) is 3. The standard InChI is InChI=1S/C15H22O3/c1-9-4-5-13(2)11(6-9)18-12-10(16)7-14(13,3)15(12)8-17-15/h6,10-12,16H,4-5,7-8H2,1-3H3/t10-,11-,12-,13+,14-,15+/m1/s1. The molecule has 1 N–H and O–H groups in total. The second kappa shape index (κ2) is 3.02. The molecule has 0 amide bonds. The summed E-state index contributed by atoms with van der Waals surface area (Å²) in [5.74, 6) is 0. The fraction of sp³-hybridized carbons (Fsp3) is 0.867. The van der Waals surface area contributed by atoms with Gasteiger partial charge in [-0.05, 0) is 26.2 Å². The van der Waals surface area contributed by atoms with E-state index in [0.717, 1.165) is 25.9 Å². The number of epoxide rings is 1. The first kappa shape index (κ1) is 11.4. The first-order chi connectivity index (χ1) is 8.43. The predicted octanol–water partition coefficient (Wildman–Crippen LogP) is 2.04. The minimum absolute atomic E-state index is 0.0458. The summed E-state index contributed by atoms with van der Waals surface area (Å²) in [6.07, 6.45) is 5.04. The molecular weight excluding hydrogens is 228 g/mol. The fourth-order valence-electron chi connectivity index (χ4n) is 4.86. The summed E-state index contributed by atoms with van der Waals surface area (Å²) in [5.41, 5.74) is 1.36. The molecule has 0 unspecified atom stereocenters. The third-order valence-corrected chi connectivity index (χ3v) is 6.47. The molecule has 1 spiro atoms. The van der Waals surface area contributed by atoms with Gasteiger partial charge in [0.1, 0.15) is 11.7 Å². The number of hydrogen-bond donors (Lipinski definition) is 1. The smallest absolute Gasteiger partial charge is 0.126 e. The van der Waals surface area contributed by atoms with Gasteiger partial charge in [0.25, 0.3) is 0 Å². The molecule has 4 rings (SSSR count). The molecule has 2 aliphatic heterocycles. The SMILES string of the molecule is CC1=C[C@H]2O[C@@H]3[C@H](O)C[C@](C)([C@@]2(C)CC1)[C@]31CO1. The Morgan fingerprint density at radius 1 is 1.39 bits per heavy atom. The van der Waals surface area contributed by atoms with E-state index in [0.29, 0.717) is 0 Å². The van der Waals surface area contributed by atoms with E-state index in [1.165, 1.54) is 5.57 Å². The van der Waals surface area contributed by atoms with Crippen LogP contribution in [0.3, 0.4) is 0 Å². The van der Waals surface area contributed by atoms with Gasteiger partial charge in [-0.1, -0.05) is 25.5 Å². The monoisotopic (exact) mass is 250 g/mol. The number of ether oxygens (including phenoxy) is 2. The van der Waals surface area contributed by atoms with E-state index in [9.17, 15) is 5.11 Å². The van der Waals surface area contributed by atoms with Gasteiger partial charge in [-0.2, -0.15) is 0 Å². The maximum atomic E-state index is 10.3. The van der Waals surface area contributed by atoms with E-state index >= 15 is 0 Å². The van der Waals surface area contributed by atoms with Crippen LogP contribution in [0.5, 0.6) is 0 Å². The van der Waals surface area contributed by atoms with E-state index in [1.54, 1.807) is 0 Å². The van der Waals surface area contributed by atoms with Crippen molar-refractivity contribution in [1.82, 2.24) is 0 Å². The maximum absolute atomic E-state index is 10.3. The lowest BCUT2D eigenvalue weighted by atomic mass is 9.53. The van der Waals surface area contributed by atoms with E-state index in [-0.39, 0.29) is 34.7 Å². The Bertz CT molecular complexity index is 439. The molecule has 3 heteroatoms. The largest absolute Gasteiger partial charge is 0.390 e. The third kappa shape index (κ3) is 1.01. The van der Waals surface area contributed by atoms with Crippen LogP contribution >= 0.6 is 0 Å². The highest BCUT2D eigenvalue weighted by Crippen LogP contribution is 2.71. The topological polar surface area (TPSA) is 42.0 Å². The lowest BCUT2D eigenvalue weighted by Crippen LogP contribution is -2.61. The van der Waals surface area contributed by atoms with E-state index in [2.05, 4.69) is 26.8 Å². The third-order valence-electron chi connectivity index (χ3n) is 6.47. The van der Waals surface area contributed by atoms with Crippen LogP contribution in [0.1, 0.15) is 40.0 Å². The molecule has 18 heavy (non-hydrogen) atoms. The van der Waals surface area contributed by atoms with Crippen molar-refractivity contribution in [2.75, 3.05) is 6.61 Å². The van der Waals surface area contributed by atoms with Gasteiger partial charge in [0, 0.05) is 10.8 Å². The van der Waals surface area contributed by atoms with Crippen molar-refractivity contribution < 1.29 is 14.6 Å². The summed E-state index contributed by atoms with van der Waals surface area (Å²) in [7, 11) is 0. The van der Waals surface area contributed by atoms with E-state index in [4.69, 9.17) is 9.47 Å². The van der Waals surface area contributed by atoms with Crippen LogP contribution in [0.15, 0.2) is 11.6 Å². The summed E-state index contributed by atoms with van der Waals surface area (Å²) in [6, 6.07) is 0. The number of fused-ring (bicyclic) bond motifs is 2. The highest BCUT2D eigenvalue weighted by molar-refractivity contribution is 5.31. The minimum atomic E-state index is -0.367. The molecule has 0 radical (unpaired) electrons. The first-order valence-electron chi connectivity index (χ1n) is 7.08.